The van der Waals surface area contributed by atoms with E-state index < -0.39 is 11.9 Å². The molecule has 2 atom stereocenters. The van der Waals surface area contributed by atoms with E-state index in [1.807, 2.05) is 19.1 Å². The van der Waals surface area contributed by atoms with Gasteiger partial charge in [0.2, 0.25) is 0 Å². The molecular formula is C17H23N3O3. The SMILES string of the molecule is CC1CCC(C(=O)O)CN1C(=O)c1cc(N2CCCC2)ccn1. The van der Waals surface area contributed by atoms with Gasteiger partial charge in [-0.1, -0.05) is 0 Å². The smallest absolute Gasteiger partial charge is 0.308 e. The van der Waals surface area contributed by atoms with E-state index in [0.29, 0.717) is 18.5 Å². The molecule has 2 aliphatic rings. The zero-order chi connectivity index (χ0) is 16.4. The van der Waals surface area contributed by atoms with E-state index in [-0.39, 0.29) is 18.5 Å². The van der Waals surface area contributed by atoms with E-state index in [1.54, 1.807) is 11.1 Å². The van der Waals surface area contributed by atoms with E-state index in [0.717, 1.165) is 18.8 Å². The molecule has 124 valence electrons. The molecule has 0 bridgehead atoms. The molecule has 2 aliphatic heterocycles. The van der Waals surface area contributed by atoms with Crippen molar-refractivity contribution in [2.24, 2.45) is 5.92 Å². The first-order valence-corrected chi connectivity index (χ1v) is 8.31. The molecule has 1 aromatic rings. The average molecular weight is 317 g/mol. The summed E-state index contributed by atoms with van der Waals surface area (Å²) in [6.07, 6.45) is 5.37. The maximum atomic E-state index is 12.8. The molecule has 1 N–H and O–H groups in total. The van der Waals surface area contributed by atoms with Crippen LogP contribution in [-0.2, 0) is 4.79 Å². The second kappa shape index (κ2) is 6.56. The topological polar surface area (TPSA) is 73.7 Å². The minimum Gasteiger partial charge on any atom is -0.481 e. The Morgan fingerprint density at radius 2 is 2.00 bits per heavy atom. The predicted octanol–water partition coefficient (Wildman–Crippen LogP) is 2.01. The normalized spacial score (nSPS) is 24.7. The first-order chi connectivity index (χ1) is 11.1. The zero-order valence-corrected chi connectivity index (χ0v) is 13.4. The van der Waals surface area contributed by atoms with Crippen LogP contribution in [0.4, 0.5) is 5.69 Å². The van der Waals surface area contributed by atoms with Gasteiger partial charge >= 0.3 is 5.97 Å². The lowest BCUT2D eigenvalue weighted by molar-refractivity contribution is -0.143. The number of carboxylic acid groups (broad SMARTS) is 1. The number of hydrogen-bond acceptors (Lipinski definition) is 4. The fourth-order valence-electron chi connectivity index (χ4n) is 3.45. The predicted molar refractivity (Wildman–Crippen MR) is 86.5 cm³/mol. The molecule has 23 heavy (non-hydrogen) atoms. The van der Waals surface area contributed by atoms with Crippen LogP contribution in [0, 0.1) is 5.92 Å². The minimum atomic E-state index is -0.825. The average Bonchev–Trinajstić information content (AvgIpc) is 3.09. The van der Waals surface area contributed by atoms with Gasteiger partial charge in [0.25, 0.3) is 5.91 Å². The van der Waals surface area contributed by atoms with Gasteiger partial charge in [-0.25, -0.2) is 0 Å². The Labute approximate surface area is 136 Å². The highest BCUT2D eigenvalue weighted by Gasteiger charge is 2.33. The summed E-state index contributed by atoms with van der Waals surface area (Å²) < 4.78 is 0. The maximum Gasteiger partial charge on any atom is 0.308 e. The van der Waals surface area contributed by atoms with Gasteiger partial charge in [-0.2, -0.15) is 0 Å². The first kappa shape index (κ1) is 15.8. The third-order valence-electron chi connectivity index (χ3n) is 4.93. The molecule has 3 heterocycles. The number of carboxylic acids is 1. The number of carbonyl (C=O) groups excluding carboxylic acids is 1. The molecule has 1 aromatic heterocycles. The van der Waals surface area contributed by atoms with Gasteiger partial charge in [0.05, 0.1) is 5.92 Å². The van der Waals surface area contributed by atoms with Crippen LogP contribution >= 0.6 is 0 Å². The van der Waals surface area contributed by atoms with Crippen LogP contribution in [-0.4, -0.2) is 52.5 Å². The lowest BCUT2D eigenvalue weighted by Gasteiger charge is -2.36. The summed E-state index contributed by atoms with van der Waals surface area (Å²) in [5, 5.41) is 9.22. The van der Waals surface area contributed by atoms with Crippen molar-refractivity contribution in [2.75, 3.05) is 24.5 Å². The highest BCUT2D eigenvalue weighted by molar-refractivity contribution is 5.93. The van der Waals surface area contributed by atoms with Crippen LogP contribution in [0.2, 0.25) is 0 Å². The van der Waals surface area contributed by atoms with Crippen LogP contribution in [0.3, 0.4) is 0 Å². The summed E-state index contributed by atoms with van der Waals surface area (Å²) >= 11 is 0. The third-order valence-corrected chi connectivity index (χ3v) is 4.93. The molecule has 0 aliphatic carbocycles. The van der Waals surface area contributed by atoms with Crippen molar-refractivity contribution >= 4 is 17.6 Å². The van der Waals surface area contributed by atoms with Crippen molar-refractivity contribution < 1.29 is 14.7 Å². The molecule has 3 rings (SSSR count). The third kappa shape index (κ3) is 3.30. The van der Waals surface area contributed by atoms with Crippen molar-refractivity contribution in [1.82, 2.24) is 9.88 Å². The first-order valence-electron chi connectivity index (χ1n) is 8.31. The lowest BCUT2D eigenvalue weighted by atomic mass is 9.93. The lowest BCUT2D eigenvalue weighted by Crippen LogP contribution is -2.47. The molecule has 6 nitrogen and oxygen atoms in total. The van der Waals surface area contributed by atoms with E-state index in [9.17, 15) is 14.7 Å². The molecule has 0 radical (unpaired) electrons. The summed E-state index contributed by atoms with van der Waals surface area (Å²) in [4.78, 5) is 32.2. The molecule has 2 fully saturated rings. The number of likely N-dealkylation sites (tertiary alicyclic amines) is 1. The van der Waals surface area contributed by atoms with E-state index in [2.05, 4.69) is 9.88 Å². The van der Waals surface area contributed by atoms with Gasteiger partial charge in [0.15, 0.2) is 0 Å². The van der Waals surface area contributed by atoms with Gasteiger partial charge in [-0.15, -0.1) is 0 Å². The Balaban J connectivity index is 1.78. The van der Waals surface area contributed by atoms with Crippen molar-refractivity contribution in [1.29, 1.82) is 0 Å². The Hall–Kier alpha value is -2.11. The van der Waals surface area contributed by atoms with Gasteiger partial charge in [-0.05, 0) is 44.7 Å². The fraction of sp³-hybridized carbons (Fsp3) is 0.588. The number of rotatable bonds is 3. The van der Waals surface area contributed by atoms with Crippen molar-refractivity contribution in [3.63, 3.8) is 0 Å². The summed E-state index contributed by atoms with van der Waals surface area (Å²) in [7, 11) is 0. The maximum absolute atomic E-state index is 12.8. The molecule has 1 amide bonds. The summed E-state index contributed by atoms with van der Waals surface area (Å²) in [6.45, 7) is 4.27. The number of aromatic nitrogens is 1. The van der Waals surface area contributed by atoms with Crippen molar-refractivity contribution in [2.45, 2.75) is 38.6 Å². The number of hydrogen-bond donors (Lipinski definition) is 1. The van der Waals surface area contributed by atoms with Crippen LogP contribution in [0.15, 0.2) is 18.3 Å². The van der Waals surface area contributed by atoms with Crippen molar-refractivity contribution in [3.05, 3.63) is 24.0 Å². The summed E-state index contributed by atoms with van der Waals surface area (Å²) in [5.74, 6) is -1.46. The largest absolute Gasteiger partial charge is 0.481 e. The molecule has 0 spiro atoms. The molecular weight excluding hydrogens is 294 g/mol. The van der Waals surface area contributed by atoms with Gasteiger partial charge in [-0.3, -0.25) is 14.6 Å². The van der Waals surface area contributed by atoms with E-state index >= 15 is 0 Å². The van der Waals surface area contributed by atoms with E-state index in [1.165, 1.54) is 12.8 Å². The summed E-state index contributed by atoms with van der Waals surface area (Å²) in [6, 6.07) is 3.82. The van der Waals surface area contributed by atoms with Gasteiger partial charge < -0.3 is 14.9 Å². The number of nitrogens with zero attached hydrogens (tertiary/aromatic N) is 3. The molecule has 0 saturated carbocycles. The van der Waals surface area contributed by atoms with Crippen molar-refractivity contribution in [3.8, 4) is 0 Å². The van der Waals surface area contributed by atoms with Crippen LogP contribution in [0.5, 0.6) is 0 Å². The van der Waals surface area contributed by atoms with E-state index in [4.69, 9.17) is 0 Å². The van der Waals surface area contributed by atoms with Gasteiger partial charge in [0.1, 0.15) is 5.69 Å². The monoisotopic (exact) mass is 317 g/mol. The minimum absolute atomic E-state index is 0.0512. The highest BCUT2D eigenvalue weighted by Crippen LogP contribution is 2.25. The van der Waals surface area contributed by atoms with Crippen LogP contribution in [0.1, 0.15) is 43.1 Å². The van der Waals surface area contributed by atoms with Crippen LogP contribution < -0.4 is 4.90 Å². The Morgan fingerprint density at radius 3 is 2.70 bits per heavy atom. The Morgan fingerprint density at radius 1 is 1.26 bits per heavy atom. The van der Waals surface area contributed by atoms with Gasteiger partial charge in [0, 0.05) is 37.6 Å². The van der Waals surface area contributed by atoms with Crippen LogP contribution in [0.25, 0.3) is 0 Å². The number of pyridine rings is 1. The number of anilines is 1. The quantitative estimate of drug-likeness (QED) is 0.923. The highest BCUT2D eigenvalue weighted by atomic mass is 16.4. The second-order valence-corrected chi connectivity index (χ2v) is 6.51. The number of aliphatic carboxylic acids is 1. The molecule has 6 heteroatoms. The standard InChI is InChI=1S/C17H23N3O3/c1-12-4-5-13(17(22)23)11-20(12)16(21)15-10-14(6-7-18-15)19-8-2-3-9-19/h6-7,10,12-13H,2-5,8-9,11H2,1H3,(H,22,23). The Kier molecular flexibility index (Phi) is 4.50. The number of carbonyl (C=O) groups is 2. The number of piperidine rings is 1. The zero-order valence-electron chi connectivity index (χ0n) is 13.4. The Bertz CT molecular complexity index is 599. The second-order valence-electron chi connectivity index (χ2n) is 6.51. The molecule has 2 saturated heterocycles. The fourth-order valence-corrected chi connectivity index (χ4v) is 3.45. The molecule has 2 unspecified atom stereocenters. The molecule has 0 aromatic carbocycles. The number of amides is 1. The summed E-state index contributed by atoms with van der Waals surface area (Å²) in [5.41, 5.74) is 1.44.